The molecule has 0 aliphatic heterocycles. The first-order chi connectivity index (χ1) is 14.4. The molecule has 1 amide bonds. The van der Waals surface area contributed by atoms with E-state index in [0.717, 1.165) is 0 Å². The third-order valence-corrected chi connectivity index (χ3v) is 5.85. The summed E-state index contributed by atoms with van der Waals surface area (Å²) in [6.45, 7) is 0. The third-order valence-electron chi connectivity index (χ3n) is 4.15. The monoisotopic (exact) mass is 425 g/mol. The largest absolute Gasteiger partial charge is 0.465 e. The van der Waals surface area contributed by atoms with Crippen molar-refractivity contribution in [1.82, 2.24) is 0 Å². The van der Waals surface area contributed by atoms with Gasteiger partial charge >= 0.3 is 12.1 Å². The molecule has 7 nitrogen and oxygen atoms in total. The quantitative estimate of drug-likeness (QED) is 0.598. The number of rotatable bonds is 6. The zero-order valence-corrected chi connectivity index (χ0v) is 16.9. The summed E-state index contributed by atoms with van der Waals surface area (Å²) in [5.41, 5.74) is 1.28. The number of methoxy groups -OCH3 is 1. The van der Waals surface area contributed by atoms with E-state index in [1.165, 1.54) is 43.5 Å². The predicted molar refractivity (Wildman–Crippen MR) is 111 cm³/mol. The van der Waals surface area contributed by atoms with Gasteiger partial charge in [-0.05, 0) is 54.1 Å². The summed E-state index contributed by atoms with van der Waals surface area (Å²) in [6, 6.07) is 20.5. The minimum Gasteiger partial charge on any atom is -0.465 e. The minimum atomic E-state index is -3.61. The Morgan fingerprint density at radius 3 is 2.10 bits per heavy atom. The van der Waals surface area contributed by atoms with E-state index in [2.05, 4.69) is 10.1 Å². The van der Waals surface area contributed by atoms with Crippen molar-refractivity contribution in [1.29, 1.82) is 0 Å². The fourth-order valence-corrected chi connectivity index (χ4v) is 3.99. The molecular weight excluding hydrogens is 406 g/mol. The Morgan fingerprint density at radius 1 is 0.867 bits per heavy atom. The van der Waals surface area contributed by atoms with Gasteiger partial charge in [0.15, 0.2) is 9.84 Å². The Hall–Kier alpha value is -3.65. The van der Waals surface area contributed by atoms with Crippen LogP contribution >= 0.6 is 0 Å². The van der Waals surface area contributed by atoms with Crippen LogP contribution in [-0.2, 0) is 20.3 Å². The number of amides is 1. The van der Waals surface area contributed by atoms with Gasteiger partial charge in [0, 0.05) is 5.69 Å². The highest BCUT2D eigenvalue weighted by Gasteiger charge is 2.16. The number of sulfone groups is 1. The molecule has 0 saturated carbocycles. The number of esters is 1. The molecule has 3 aromatic carbocycles. The van der Waals surface area contributed by atoms with Crippen molar-refractivity contribution in [3.8, 4) is 5.75 Å². The van der Waals surface area contributed by atoms with Crippen molar-refractivity contribution in [2.45, 2.75) is 10.6 Å². The summed E-state index contributed by atoms with van der Waals surface area (Å²) in [4.78, 5) is 23.5. The average molecular weight is 425 g/mol. The van der Waals surface area contributed by atoms with Gasteiger partial charge in [0.25, 0.3) is 0 Å². The van der Waals surface area contributed by atoms with Crippen molar-refractivity contribution in [3.63, 3.8) is 0 Å². The Morgan fingerprint density at radius 2 is 1.50 bits per heavy atom. The van der Waals surface area contributed by atoms with Crippen LogP contribution in [0.25, 0.3) is 0 Å². The number of benzene rings is 3. The highest BCUT2D eigenvalue weighted by molar-refractivity contribution is 7.90. The lowest BCUT2D eigenvalue weighted by molar-refractivity contribution is 0.0600. The van der Waals surface area contributed by atoms with Crippen LogP contribution in [0.3, 0.4) is 0 Å². The molecule has 0 radical (unpaired) electrons. The molecular formula is C22H19NO6S. The summed E-state index contributed by atoms with van der Waals surface area (Å²) in [7, 11) is -2.33. The number of carbonyl (C=O) groups is 2. The number of ether oxygens (including phenoxy) is 2. The van der Waals surface area contributed by atoms with Crippen LogP contribution in [0.15, 0.2) is 83.8 Å². The number of anilines is 1. The van der Waals surface area contributed by atoms with Crippen LogP contribution in [0.2, 0.25) is 0 Å². The highest BCUT2D eigenvalue weighted by atomic mass is 32.2. The Kier molecular flexibility index (Phi) is 6.48. The van der Waals surface area contributed by atoms with Crippen LogP contribution in [-0.4, -0.2) is 27.6 Å². The van der Waals surface area contributed by atoms with E-state index in [9.17, 15) is 18.0 Å². The normalized spacial score (nSPS) is 10.8. The van der Waals surface area contributed by atoms with E-state index in [1.807, 2.05) is 0 Å². The van der Waals surface area contributed by atoms with Gasteiger partial charge in [-0.25, -0.2) is 18.0 Å². The second-order valence-corrected chi connectivity index (χ2v) is 8.29. The van der Waals surface area contributed by atoms with Gasteiger partial charge in [0.2, 0.25) is 0 Å². The summed E-state index contributed by atoms with van der Waals surface area (Å²) < 4.78 is 35.0. The second-order valence-electron chi connectivity index (χ2n) is 6.30. The molecule has 0 aliphatic carbocycles. The molecule has 0 heterocycles. The van der Waals surface area contributed by atoms with Gasteiger partial charge in [-0.3, -0.25) is 5.32 Å². The molecule has 8 heteroatoms. The Balaban J connectivity index is 1.64. The summed E-state index contributed by atoms with van der Waals surface area (Å²) in [5, 5.41) is 2.54. The van der Waals surface area contributed by atoms with Gasteiger partial charge in [-0.2, -0.15) is 0 Å². The smallest absolute Gasteiger partial charge is 0.417 e. The lowest BCUT2D eigenvalue weighted by Crippen LogP contribution is -2.16. The molecule has 30 heavy (non-hydrogen) atoms. The van der Waals surface area contributed by atoms with Crippen molar-refractivity contribution in [2.24, 2.45) is 0 Å². The van der Waals surface area contributed by atoms with Crippen molar-refractivity contribution >= 4 is 27.6 Å². The van der Waals surface area contributed by atoms with Crippen molar-refractivity contribution < 1.29 is 27.5 Å². The Labute approximate surface area is 174 Å². The molecule has 0 unspecified atom stereocenters. The van der Waals surface area contributed by atoms with Gasteiger partial charge in [0.1, 0.15) is 5.75 Å². The number of nitrogens with one attached hydrogen (secondary N) is 1. The van der Waals surface area contributed by atoms with Crippen molar-refractivity contribution in [2.75, 3.05) is 12.4 Å². The maximum atomic E-state index is 12.6. The van der Waals surface area contributed by atoms with Crippen molar-refractivity contribution in [3.05, 3.63) is 90.0 Å². The van der Waals surface area contributed by atoms with E-state index in [4.69, 9.17) is 4.74 Å². The zero-order valence-electron chi connectivity index (χ0n) is 16.1. The fraction of sp³-hybridized carbons (Fsp3) is 0.0909. The van der Waals surface area contributed by atoms with Gasteiger partial charge in [-0.15, -0.1) is 0 Å². The molecule has 154 valence electrons. The Bertz CT molecular complexity index is 1120. The standard InChI is InChI=1S/C22H19NO6S/c1-28-21(24)17-9-7-16(8-10-17)15-30(26,27)20-13-11-18(12-14-20)23-22(25)29-19-5-3-2-4-6-19/h2-14H,15H2,1H3,(H,23,25). The zero-order chi connectivity index (χ0) is 21.6. The predicted octanol–water partition coefficient (Wildman–Crippen LogP) is 4.06. The van der Waals surface area contributed by atoms with Gasteiger partial charge in [-0.1, -0.05) is 30.3 Å². The van der Waals surface area contributed by atoms with E-state index in [1.54, 1.807) is 42.5 Å². The number of para-hydroxylation sites is 1. The molecule has 0 saturated heterocycles. The highest BCUT2D eigenvalue weighted by Crippen LogP contribution is 2.20. The van der Waals surface area contributed by atoms with Gasteiger partial charge < -0.3 is 9.47 Å². The maximum Gasteiger partial charge on any atom is 0.417 e. The number of hydrogen-bond acceptors (Lipinski definition) is 6. The molecule has 0 fully saturated rings. The number of hydrogen-bond donors (Lipinski definition) is 1. The van der Waals surface area contributed by atoms with E-state index < -0.39 is 21.9 Å². The summed E-state index contributed by atoms with van der Waals surface area (Å²) in [5.74, 6) is -0.317. The van der Waals surface area contributed by atoms with Gasteiger partial charge in [0.05, 0.1) is 23.3 Å². The average Bonchev–Trinajstić information content (AvgIpc) is 2.74. The summed E-state index contributed by atoms with van der Waals surface area (Å²) in [6.07, 6.45) is -0.678. The molecule has 0 atom stereocenters. The lowest BCUT2D eigenvalue weighted by Gasteiger charge is -2.09. The minimum absolute atomic E-state index is 0.113. The molecule has 3 rings (SSSR count). The van der Waals surface area contributed by atoms with Crippen LogP contribution in [0.1, 0.15) is 15.9 Å². The van der Waals surface area contributed by atoms with Crippen LogP contribution < -0.4 is 10.1 Å². The molecule has 1 N–H and O–H groups in total. The molecule has 0 aromatic heterocycles. The molecule has 0 bridgehead atoms. The van der Waals surface area contributed by atoms with Crippen LogP contribution in [0.5, 0.6) is 5.75 Å². The first-order valence-electron chi connectivity index (χ1n) is 8.91. The third kappa shape index (κ3) is 5.45. The second kappa shape index (κ2) is 9.23. The fourth-order valence-electron chi connectivity index (χ4n) is 2.64. The SMILES string of the molecule is COC(=O)c1ccc(CS(=O)(=O)c2ccc(NC(=O)Oc3ccccc3)cc2)cc1. The van der Waals surface area contributed by atoms with E-state index in [-0.39, 0.29) is 10.6 Å². The topological polar surface area (TPSA) is 98.8 Å². The molecule has 0 aliphatic rings. The first kappa shape index (κ1) is 21.1. The first-order valence-corrected chi connectivity index (χ1v) is 10.6. The molecule has 0 spiro atoms. The molecule has 3 aromatic rings. The van der Waals surface area contributed by atoms with Crippen LogP contribution in [0, 0.1) is 0 Å². The maximum absolute atomic E-state index is 12.6. The lowest BCUT2D eigenvalue weighted by atomic mass is 10.1. The number of carbonyl (C=O) groups excluding carboxylic acids is 2. The van der Waals surface area contributed by atoms with E-state index in [0.29, 0.717) is 22.6 Å². The van der Waals surface area contributed by atoms with E-state index >= 15 is 0 Å². The van der Waals surface area contributed by atoms with Crippen LogP contribution in [0.4, 0.5) is 10.5 Å². The summed E-state index contributed by atoms with van der Waals surface area (Å²) >= 11 is 0.